The van der Waals surface area contributed by atoms with E-state index in [1.165, 1.54) is 31.4 Å². The van der Waals surface area contributed by atoms with Gasteiger partial charge in [0.1, 0.15) is 0 Å². The SMILES string of the molecule is CC(CC1CCCCN1)Nc1ccc(S(N)(=O)=O)cc1. The number of piperidine rings is 1. The molecule has 6 heteroatoms. The van der Waals surface area contributed by atoms with Gasteiger partial charge in [0.25, 0.3) is 0 Å². The lowest BCUT2D eigenvalue weighted by molar-refractivity contribution is 0.371. The third-order valence-electron chi connectivity index (χ3n) is 3.65. The highest BCUT2D eigenvalue weighted by Gasteiger charge is 2.15. The van der Waals surface area contributed by atoms with Crippen LogP contribution in [-0.4, -0.2) is 27.0 Å². The maximum Gasteiger partial charge on any atom is 0.238 e. The normalized spacial score (nSPS) is 21.4. The van der Waals surface area contributed by atoms with Gasteiger partial charge in [0.05, 0.1) is 4.90 Å². The van der Waals surface area contributed by atoms with Crippen molar-refractivity contribution in [2.75, 3.05) is 11.9 Å². The van der Waals surface area contributed by atoms with Crippen molar-refractivity contribution in [1.29, 1.82) is 0 Å². The molecule has 0 amide bonds. The third kappa shape index (κ3) is 4.47. The number of hydrogen-bond donors (Lipinski definition) is 3. The molecule has 1 aliphatic heterocycles. The second kappa shape index (κ2) is 6.56. The predicted octanol–water partition coefficient (Wildman–Crippen LogP) is 1.67. The number of nitrogens with one attached hydrogen (secondary N) is 2. The Morgan fingerprint density at radius 3 is 2.60 bits per heavy atom. The zero-order chi connectivity index (χ0) is 14.6. The fraction of sp³-hybridized carbons (Fsp3) is 0.571. The van der Waals surface area contributed by atoms with Crippen LogP contribution in [0.15, 0.2) is 29.2 Å². The summed E-state index contributed by atoms with van der Waals surface area (Å²) in [5.74, 6) is 0. The second-order valence-corrected chi connectivity index (χ2v) is 7.06. The Hall–Kier alpha value is -1.11. The zero-order valence-corrected chi connectivity index (χ0v) is 12.6. The van der Waals surface area contributed by atoms with Crippen LogP contribution in [0.5, 0.6) is 0 Å². The zero-order valence-electron chi connectivity index (χ0n) is 11.8. The molecule has 0 radical (unpaired) electrons. The molecule has 0 bridgehead atoms. The van der Waals surface area contributed by atoms with E-state index in [4.69, 9.17) is 5.14 Å². The van der Waals surface area contributed by atoms with E-state index in [0.29, 0.717) is 12.1 Å². The molecule has 1 heterocycles. The van der Waals surface area contributed by atoms with Crippen LogP contribution in [0.4, 0.5) is 5.69 Å². The average molecular weight is 297 g/mol. The maximum absolute atomic E-state index is 11.2. The van der Waals surface area contributed by atoms with Gasteiger partial charge in [0, 0.05) is 17.8 Å². The fourth-order valence-electron chi connectivity index (χ4n) is 2.64. The standard InChI is InChI=1S/C14H23N3O2S/c1-11(10-13-4-2-3-9-16-13)17-12-5-7-14(8-6-12)20(15,18)19/h5-8,11,13,16-17H,2-4,9-10H2,1H3,(H2,15,18,19). The minimum absolute atomic E-state index is 0.143. The van der Waals surface area contributed by atoms with Gasteiger partial charge in [-0.05, 0) is 57.0 Å². The highest BCUT2D eigenvalue weighted by atomic mass is 32.2. The smallest absolute Gasteiger partial charge is 0.238 e. The van der Waals surface area contributed by atoms with E-state index in [-0.39, 0.29) is 4.90 Å². The number of primary sulfonamides is 1. The summed E-state index contributed by atoms with van der Waals surface area (Å²) >= 11 is 0. The molecule has 0 aromatic heterocycles. The molecule has 112 valence electrons. The summed E-state index contributed by atoms with van der Waals surface area (Å²) in [4.78, 5) is 0.143. The molecule has 1 saturated heterocycles. The van der Waals surface area contributed by atoms with E-state index in [2.05, 4.69) is 17.6 Å². The lowest BCUT2D eigenvalue weighted by Gasteiger charge is -2.27. The molecule has 0 spiro atoms. The average Bonchev–Trinajstić information content (AvgIpc) is 2.39. The van der Waals surface area contributed by atoms with Crippen LogP contribution < -0.4 is 15.8 Å². The van der Waals surface area contributed by atoms with Crippen molar-refractivity contribution in [3.8, 4) is 0 Å². The minimum Gasteiger partial charge on any atom is -0.383 e. The summed E-state index contributed by atoms with van der Waals surface area (Å²) < 4.78 is 22.4. The summed E-state index contributed by atoms with van der Waals surface area (Å²) in [6.07, 6.45) is 4.87. The van der Waals surface area contributed by atoms with Crippen LogP contribution in [0.2, 0.25) is 0 Å². The summed E-state index contributed by atoms with van der Waals surface area (Å²) in [6.45, 7) is 3.25. The minimum atomic E-state index is -3.61. The van der Waals surface area contributed by atoms with Crippen LogP contribution >= 0.6 is 0 Å². The Balaban J connectivity index is 1.89. The van der Waals surface area contributed by atoms with Gasteiger partial charge in [-0.3, -0.25) is 0 Å². The molecular formula is C14H23N3O2S. The van der Waals surface area contributed by atoms with E-state index >= 15 is 0 Å². The molecule has 0 aliphatic carbocycles. The van der Waals surface area contributed by atoms with Crippen molar-refractivity contribution < 1.29 is 8.42 Å². The molecular weight excluding hydrogens is 274 g/mol. The molecule has 1 fully saturated rings. The van der Waals surface area contributed by atoms with Gasteiger partial charge in [-0.15, -0.1) is 0 Å². The second-order valence-electron chi connectivity index (χ2n) is 5.50. The fourth-order valence-corrected chi connectivity index (χ4v) is 3.15. The highest BCUT2D eigenvalue weighted by Crippen LogP contribution is 2.17. The van der Waals surface area contributed by atoms with Crippen LogP contribution in [0, 0.1) is 0 Å². The Labute approximate surface area is 121 Å². The summed E-state index contributed by atoms with van der Waals surface area (Å²) in [6, 6.07) is 7.49. The van der Waals surface area contributed by atoms with E-state index in [1.54, 1.807) is 12.1 Å². The molecule has 0 saturated carbocycles. The number of hydrogen-bond acceptors (Lipinski definition) is 4. The molecule has 1 aromatic rings. The van der Waals surface area contributed by atoms with Gasteiger partial charge in [0.2, 0.25) is 10.0 Å². The monoisotopic (exact) mass is 297 g/mol. The van der Waals surface area contributed by atoms with Crippen molar-refractivity contribution in [2.24, 2.45) is 5.14 Å². The van der Waals surface area contributed by atoms with Crippen molar-refractivity contribution in [3.05, 3.63) is 24.3 Å². The van der Waals surface area contributed by atoms with Gasteiger partial charge in [-0.1, -0.05) is 6.42 Å². The number of rotatable bonds is 5. The van der Waals surface area contributed by atoms with E-state index in [1.807, 2.05) is 0 Å². The van der Waals surface area contributed by atoms with Gasteiger partial charge >= 0.3 is 0 Å². The lowest BCUT2D eigenvalue weighted by atomic mass is 9.99. The van der Waals surface area contributed by atoms with Gasteiger partial charge < -0.3 is 10.6 Å². The molecule has 20 heavy (non-hydrogen) atoms. The molecule has 2 unspecified atom stereocenters. The molecule has 2 rings (SSSR count). The Kier molecular flexibility index (Phi) is 5.01. The summed E-state index contributed by atoms with van der Waals surface area (Å²) in [7, 11) is -3.61. The summed E-state index contributed by atoms with van der Waals surface area (Å²) in [5, 5.41) is 12.0. The Morgan fingerprint density at radius 2 is 2.05 bits per heavy atom. The van der Waals surface area contributed by atoms with Crippen molar-refractivity contribution in [1.82, 2.24) is 5.32 Å². The van der Waals surface area contributed by atoms with Crippen LogP contribution in [0.25, 0.3) is 0 Å². The van der Waals surface area contributed by atoms with Gasteiger partial charge in [0.15, 0.2) is 0 Å². The van der Waals surface area contributed by atoms with E-state index < -0.39 is 10.0 Å². The van der Waals surface area contributed by atoms with Crippen LogP contribution in [0.1, 0.15) is 32.6 Å². The molecule has 1 aromatic carbocycles. The quantitative estimate of drug-likeness (QED) is 0.772. The predicted molar refractivity (Wildman–Crippen MR) is 81.2 cm³/mol. The van der Waals surface area contributed by atoms with E-state index in [9.17, 15) is 8.42 Å². The van der Waals surface area contributed by atoms with Gasteiger partial charge in [-0.25, -0.2) is 13.6 Å². The Bertz CT molecular complexity index is 522. The highest BCUT2D eigenvalue weighted by molar-refractivity contribution is 7.89. The topological polar surface area (TPSA) is 84.2 Å². The molecule has 1 aliphatic rings. The summed E-state index contributed by atoms with van der Waals surface area (Å²) in [5.41, 5.74) is 0.917. The maximum atomic E-state index is 11.2. The van der Waals surface area contributed by atoms with Crippen molar-refractivity contribution in [2.45, 2.75) is 49.6 Å². The molecule has 2 atom stereocenters. The molecule has 5 nitrogen and oxygen atoms in total. The Morgan fingerprint density at radius 1 is 1.35 bits per heavy atom. The van der Waals surface area contributed by atoms with Gasteiger partial charge in [-0.2, -0.15) is 0 Å². The number of nitrogens with two attached hydrogens (primary N) is 1. The van der Waals surface area contributed by atoms with Crippen LogP contribution in [0.3, 0.4) is 0 Å². The van der Waals surface area contributed by atoms with Crippen molar-refractivity contribution >= 4 is 15.7 Å². The lowest BCUT2D eigenvalue weighted by Crippen LogP contribution is -2.37. The molecule has 4 N–H and O–H groups in total. The first-order chi connectivity index (χ1) is 9.45. The first-order valence-electron chi connectivity index (χ1n) is 7.08. The van der Waals surface area contributed by atoms with Crippen molar-refractivity contribution in [3.63, 3.8) is 0 Å². The number of benzene rings is 1. The third-order valence-corrected chi connectivity index (χ3v) is 4.58. The van der Waals surface area contributed by atoms with E-state index in [0.717, 1.165) is 18.7 Å². The number of sulfonamides is 1. The first kappa shape index (κ1) is 15.3. The van der Waals surface area contributed by atoms with Crippen LogP contribution in [-0.2, 0) is 10.0 Å². The number of anilines is 1. The largest absolute Gasteiger partial charge is 0.383 e. The first-order valence-corrected chi connectivity index (χ1v) is 8.62.